The molecular formula is C20H32O6Si2. The number of carbonyl (C=O) groups is 1. The Labute approximate surface area is 168 Å². The molecule has 4 atom stereocenters. The van der Waals surface area contributed by atoms with Gasteiger partial charge in [-0.15, -0.1) is 0 Å². The van der Waals surface area contributed by atoms with E-state index in [1.165, 1.54) is 0 Å². The molecule has 6 nitrogen and oxygen atoms in total. The van der Waals surface area contributed by atoms with Crippen LogP contribution in [0.15, 0.2) is 21.5 Å². The van der Waals surface area contributed by atoms with E-state index in [0.29, 0.717) is 12.2 Å². The maximum absolute atomic E-state index is 13.7. The van der Waals surface area contributed by atoms with Crippen LogP contribution in [-0.2, 0) is 23.7 Å². The van der Waals surface area contributed by atoms with Crippen molar-refractivity contribution < 1.29 is 28.8 Å². The van der Waals surface area contributed by atoms with Crippen molar-refractivity contribution in [3.63, 3.8) is 0 Å². The van der Waals surface area contributed by atoms with E-state index in [0.717, 1.165) is 16.0 Å². The molecule has 0 amide bonds. The van der Waals surface area contributed by atoms with Crippen molar-refractivity contribution in [2.45, 2.75) is 83.0 Å². The SMILES string of the molecule is CC1(C)O[C@H]2[C@@H](O1)[C@]1(C3=C([Si](C)(C)C)C(=O)C([Si](C)(C)C)=C3CO)OC[C@H]2O1. The van der Waals surface area contributed by atoms with Gasteiger partial charge in [0.15, 0.2) is 11.6 Å². The third-order valence-corrected chi connectivity index (χ3v) is 9.98. The number of aliphatic hydroxyl groups excluding tert-OH is 1. The van der Waals surface area contributed by atoms with Gasteiger partial charge in [0.05, 0.1) is 29.4 Å². The van der Waals surface area contributed by atoms with Crippen LogP contribution in [0, 0.1) is 0 Å². The number of aliphatic hydroxyl groups is 1. The third kappa shape index (κ3) is 2.73. The van der Waals surface area contributed by atoms with Crippen molar-refractivity contribution >= 4 is 21.9 Å². The summed E-state index contributed by atoms with van der Waals surface area (Å²) in [6.07, 6.45) is -0.906. The summed E-state index contributed by atoms with van der Waals surface area (Å²) < 4.78 is 25.0. The fourth-order valence-corrected chi connectivity index (χ4v) is 9.06. The highest BCUT2D eigenvalue weighted by Crippen LogP contribution is 2.56. The van der Waals surface area contributed by atoms with Gasteiger partial charge in [0.1, 0.15) is 18.3 Å². The molecule has 0 unspecified atom stereocenters. The van der Waals surface area contributed by atoms with E-state index in [2.05, 4.69) is 39.3 Å². The van der Waals surface area contributed by atoms with E-state index < -0.39 is 33.8 Å². The van der Waals surface area contributed by atoms with Crippen LogP contribution in [0.5, 0.6) is 0 Å². The van der Waals surface area contributed by atoms with Crippen molar-refractivity contribution in [2.24, 2.45) is 0 Å². The van der Waals surface area contributed by atoms with E-state index in [-0.39, 0.29) is 24.6 Å². The second-order valence-electron chi connectivity index (χ2n) is 10.7. The average Bonchev–Trinajstić information content (AvgIpc) is 3.21. The lowest BCUT2D eigenvalue weighted by Gasteiger charge is -2.36. The van der Waals surface area contributed by atoms with Gasteiger partial charge < -0.3 is 24.1 Å². The van der Waals surface area contributed by atoms with Gasteiger partial charge in [-0.25, -0.2) is 0 Å². The normalized spacial score (nSPS) is 37.5. The van der Waals surface area contributed by atoms with Gasteiger partial charge in [-0.1, -0.05) is 39.3 Å². The minimum atomic E-state index is -2.08. The standard InChI is InChI=1S/C20H32O6Si2/c1-19(2)25-15-12-10-23-20(24-12,18(15)26-19)13-11(9-21)16(27(3,4)5)14(22)17(13)28(6,7)8/h12,15,18,21H,9-10H2,1-8H3/t12-,15-,18-,20-/m1/s1. The number of ether oxygens (including phenoxy) is 4. The molecule has 0 saturated carbocycles. The molecule has 1 aliphatic carbocycles. The summed E-state index contributed by atoms with van der Waals surface area (Å²) in [7, 11) is -4.09. The number of hydrogen-bond acceptors (Lipinski definition) is 6. The Morgan fingerprint density at radius 2 is 1.61 bits per heavy atom. The predicted molar refractivity (Wildman–Crippen MR) is 110 cm³/mol. The van der Waals surface area contributed by atoms with E-state index in [9.17, 15) is 9.90 Å². The average molecular weight is 425 g/mol. The molecule has 0 aromatic rings. The van der Waals surface area contributed by atoms with Gasteiger partial charge in [0.2, 0.25) is 5.79 Å². The molecule has 0 radical (unpaired) electrons. The highest BCUT2D eigenvalue weighted by Gasteiger charge is 2.71. The molecule has 8 heteroatoms. The fourth-order valence-electron chi connectivity index (χ4n) is 5.14. The van der Waals surface area contributed by atoms with Gasteiger partial charge in [-0.2, -0.15) is 0 Å². The zero-order chi connectivity index (χ0) is 20.9. The summed E-state index contributed by atoms with van der Waals surface area (Å²) in [6, 6.07) is 0. The van der Waals surface area contributed by atoms with Crippen LogP contribution in [0.1, 0.15) is 13.8 Å². The molecule has 3 fully saturated rings. The molecule has 3 saturated heterocycles. The monoisotopic (exact) mass is 424 g/mol. The number of rotatable bonds is 4. The van der Waals surface area contributed by atoms with Crippen molar-refractivity contribution in [1.82, 2.24) is 0 Å². The summed E-state index contributed by atoms with van der Waals surface area (Å²) in [5.41, 5.74) is 1.45. The minimum absolute atomic E-state index is 0.0871. The molecule has 28 heavy (non-hydrogen) atoms. The summed E-state index contributed by atoms with van der Waals surface area (Å²) in [5, 5.41) is 12.0. The number of ketones is 1. The predicted octanol–water partition coefficient (Wildman–Crippen LogP) is 2.55. The maximum Gasteiger partial charge on any atom is 0.225 e. The Bertz CT molecular complexity index is 800. The molecule has 1 N–H and O–H groups in total. The maximum atomic E-state index is 13.7. The van der Waals surface area contributed by atoms with Crippen LogP contribution in [0.4, 0.5) is 0 Å². The fraction of sp³-hybridized carbons (Fsp3) is 0.750. The van der Waals surface area contributed by atoms with Crippen LogP contribution >= 0.6 is 0 Å². The number of hydrogen-bond donors (Lipinski definition) is 1. The first-order valence-electron chi connectivity index (χ1n) is 10.0. The highest BCUT2D eigenvalue weighted by atomic mass is 28.3. The molecule has 3 heterocycles. The van der Waals surface area contributed by atoms with Crippen LogP contribution in [0.25, 0.3) is 0 Å². The molecule has 4 rings (SSSR count). The second-order valence-corrected chi connectivity index (χ2v) is 20.7. The lowest BCUT2D eigenvalue weighted by atomic mass is 9.92. The first-order chi connectivity index (χ1) is 12.7. The lowest BCUT2D eigenvalue weighted by Crippen LogP contribution is -2.50. The summed E-state index contributed by atoms with van der Waals surface area (Å²) in [5.74, 6) is -1.82. The largest absolute Gasteiger partial charge is 0.392 e. The van der Waals surface area contributed by atoms with Crippen LogP contribution in [-0.4, -0.2) is 70.1 Å². The number of allylic oxidation sites excluding steroid dienone is 2. The molecule has 0 aromatic heterocycles. The lowest BCUT2D eigenvalue weighted by molar-refractivity contribution is -0.224. The number of Topliss-reactive ketones (excluding diaryl/α,β-unsaturated/α-hetero) is 1. The van der Waals surface area contributed by atoms with Crippen LogP contribution < -0.4 is 0 Å². The zero-order valence-electron chi connectivity index (χ0n) is 18.1. The summed E-state index contributed by atoms with van der Waals surface area (Å²) in [4.78, 5) is 13.7. The Balaban J connectivity index is 1.96. The summed E-state index contributed by atoms with van der Waals surface area (Å²) >= 11 is 0. The highest BCUT2D eigenvalue weighted by molar-refractivity contribution is 6.94. The van der Waals surface area contributed by atoms with E-state index >= 15 is 0 Å². The molecule has 3 aliphatic heterocycles. The number of carbonyl (C=O) groups excluding carboxylic acids is 1. The quantitative estimate of drug-likeness (QED) is 0.699. The smallest absolute Gasteiger partial charge is 0.225 e. The first kappa shape index (κ1) is 20.6. The van der Waals surface area contributed by atoms with Gasteiger partial charge in [0.25, 0.3) is 0 Å². The van der Waals surface area contributed by atoms with Gasteiger partial charge in [-0.05, 0) is 29.8 Å². The molecule has 0 spiro atoms. The van der Waals surface area contributed by atoms with Crippen molar-refractivity contribution in [1.29, 1.82) is 0 Å². The van der Waals surface area contributed by atoms with Crippen molar-refractivity contribution in [3.05, 3.63) is 21.5 Å². The Morgan fingerprint density at radius 3 is 2.14 bits per heavy atom. The van der Waals surface area contributed by atoms with E-state index in [1.54, 1.807) is 0 Å². The van der Waals surface area contributed by atoms with Crippen molar-refractivity contribution in [3.8, 4) is 0 Å². The number of fused-ring (bicyclic) bond motifs is 5. The molecular weight excluding hydrogens is 392 g/mol. The van der Waals surface area contributed by atoms with E-state index in [1.807, 2.05) is 13.8 Å². The zero-order valence-corrected chi connectivity index (χ0v) is 20.1. The molecule has 4 aliphatic rings. The van der Waals surface area contributed by atoms with Gasteiger partial charge >= 0.3 is 0 Å². The topological polar surface area (TPSA) is 74.2 Å². The van der Waals surface area contributed by atoms with Gasteiger partial charge in [-0.3, -0.25) is 4.79 Å². The molecule has 2 bridgehead atoms. The van der Waals surface area contributed by atoms with Crippen LogP contribution in [0.2, 0.25) is 39.3 Å². The first-order valence-corrected chi connectivity index (χ1v) is 17.0. The van der Waals surface area contributed by atoms with Crippen LogP contribution in [0.3, 0.4) is 0 Å². The van der Waals surface area contributed by atoms with Crippen molar-refractivity contribution in [2.75, 3.05) is 13.2 Å². The molecule has 156 valence electrons. The third-order valence-electron chi connectivity index (χ3n) is 5.97. The van der Waals surface area contributed by atoms with Gasteiger partial charge in [0, 0.05) is 5.57 Å². The Kier molecular flexibility index (Phi) is 4.40. The Morgan fingerprint density at radius 1 is 1.00 bits per heavy atom. The Hall–Kier alpha value is -0.616. The summed E-state index contributed by atoms with van der Waals surface area (Å²) in [6.45, 7) is 16.9. The molecule has 0 aromatic carbocycles. The minimum Gasteiger partial charge on any atom is -0.392 e. The second kappa shape index (κ2) is 5.97. The van der Waals surface area contributed by atoms with E-state index in [4.69, 9.17) is 18.9 Å².